The minimum absolute atomic E-state index is 0.0815. The zero-order valence-corrected chi connectivity index (χ0v) is 15.0. The van der Waals surface area contributed by atoms with Crippen LogP contribution in [-0.2, 0) is 16.7 Å². The lowest BCUT2D eigenvalue weighted by Crippen LogP contribution is -2.36. The lowest BCUT2D eigenvalue weighted by molar-refractivity contribution is 0.118. The van der Waals surface area contributed by atoms with Gasteiger partial charge in [-0.1, -0.05) is 27.7 Å². The molecule has 1 aliphatic rings. The number of anilines is 1. The Morgan fingerprint density at radius 2 is 2.14 bits per heavy atom. The number of rotatable bonds is 5. The third kappa shape index (κ3) is 3.76. The van der Waals surface area contributed by atoms with Crippen LogP contribution < -0.4 is 10.2 Å². The van der Waals surface area contributed by atoms with E-state index in [-0.39, 0.29) is 11.5 Å². The Morgan fingerprint density at radius 1 is 1.43 bits per heavy atom. The highest BCUT2D eigenvalue weighted by molar-refractivity contribution is 7.15. The fourth-order valence-electron chi connectivity index (χ4n) is 2.81. The summed E-state index contributed by atoms with van der Waals surface area (Å²) in [5.41, 5.74) is 1.31. The van der Waals surface area contributed by atoms with Crippen LogP contribution in [0, 0.1) is 0 Å². The summed E-state index contributed by atoms with van der Waals surface area (Å²) in [7, 11) is 2.15. The SMILES string of the molecule is CCNCc1sc(N(C)C2CCOC2C)nc1C(C)(C)C. The van der Waals surface area contributed by atoms with E-state index in [1.165, 1.54) is 10.6 Å². The highest BCUT2D eigenvalue weighted by Crippen LogP contribution is 2.35. The summed E-state index contributed by atoms with van der Waals surface area (Å²) in [5.74, 6) is 0. The molecule has 5 heteroatoms. The van der Waals surface area contributed by atoms with Crippen LogP contribution in [0.5, 0.6) is 0 Å². The first kappa shape index (κ1) is 16.7. The molecule has 2 heterocycles. The maximum Gasteiger partial charge on any atom is 0.185 e. The third-order valence-corrected chi connectivity index (χ3v) is 5.21. The van der Waals surface area contributed by atoms with Crippen molar-refractivity contribution in [3.8, 4) is 0 Å². The fourth-order valence-corrected chi connectivity index (χ4v) is 4.06. The van der Waals surface area contributed by atoms with Crippen molar-refractivity contribution in [1.29, 1.82) is 0 Å². The van der Waals surface area contributed by atoms with E-state index in [0.717, 1.165) is 31.2 Å². The minimum Gasteiger partial charge on any atom is -0.376 e. The second kappa shape index (κ2) is 6.63. The second-order valence-corrected chi connectivity index (χ2v) is 7.90. The molecule has 0 radical (unpaired) electrons. The Balaban J connectivity index is 2.25. The summed E-state index contributed by atoms with van der Waals surface area (Å²) < 4.78 is 5.70. The van der Waals surface area contributed by atoms with Gasteiger partial charge in [0.2, 0.25) is 0 Å². The highest BCUT2D eigenvalue weighted by atomic mass is 32.1. The van der Waals surface area contributed by atoms with Crippen LogP contribution >= 0.6 is 11.3 Å². The Morgan fingerprint density at radius 3 is 2.67 bits per heavy atom. The minimum atomic E-state index is 0.0815. The van der Waals surface area contributed by atoms with Crippen LogP contribution in [0.4, 0.5) is 5.13 Å². The summed E-state index contributed by atoms with van der Waals surface area (Å²) in [6, 6.07) is 0.441. The van der Waals surface area contributed by atoms with E-state index in [9.17, 15) is 0 Å². The van der Waals surface area contributed by atoms with E-state index in [1.807, 2.05) is 11.3 Å². The summed E-state index contributed by atoms with van der Waals surface area (Å²) in [6.45, 7) is 13.8. The fraction of sp³-hybridized carbons (Fsp3) is 0.812. The first-order chi connectivity index (χ1) is 9.84. The molecule has 1 saturated heterocycles. The van der Waals surface area contributed by atoms with Crippen LogP contribution in [0.2, 0.25) is 0 Å². The van der Waals surface area contributed by atoms with Gasteiger partial charge in [0.1, 0.15) is 0 Å². The number of nitrogens with one attached hydrogen (secondary N) is 1. The first-order valence-electron chi connectivity index (χ1n) is 7.90. The molecular weight excluding hydrogens is 282 g/mol. The van der Waals surface area contributed by atoms with Crippen LogP contribution in [0.25, 0.3) is 0 Å². The smallest absolute Gasteiger partial charge is 0.185 e. The number of thiazole rings is 1. The molecule has 0 aromatic carbocycles. The van der Waals surface area contributed by atoms with E-state index in [4.69, 9.17) is 9.72 Å². The molecule has 2 atom stereocenters. The number of hydrogen-bond acceptors (Lipinski definition) is 5. The van der Waals surface area contributed by atoms with Gasteiger partial charge in [-0.3, -0.25) is 0 Å². The maximum absolute atomic E-state index is 5.70. The average Bonchev–Trinajstić information content (AvgIpc) is 3.01. The normalized spacial score (nSPS) is 22.8. The van der Waals surface area contributed by atoms with Crippen molar-refractivity contribution < 1.29 is 4.74 Å². The second-order valence-electron chi connectivity index (χ2n) is 6.84. The quantitative estimate of drug-likeness (QED) is 0.906. The molecule has 0 bridgehead atoms. The predicted octanol–water partition coefficient (Wildman–Crippen LogP) is 3.16. The molecule has 1 aliphatic heterocycles. The molecular formula is C16H29N3OS. The van der Waals surface area contributed by atoms with Crippen LogP contribution in [-0.4, -0.2) is 37.3 Å². The van der Waals surface area contributed by atoms with E-state index in [1.54, 1.807) is 0 Å². The van der Waals surface area contributed by atoms with Crippen molar-refractivity contribution in [2.75, 3.05) is 25.1 Å². The van der Waals surface area contributed by atoms with Crippen LogP contribution in [0.15, 0.2) is 0 Å². The molecule has 0 amide bonds. The van der Waals surface area contributed by atoms with E-state index in [0.29, 0.717) is 6.04 Å². The lowest BCUT2D eigenvalue weighted by Gasteiger charge is -2.26. The van der Waals surface area contributed by atoms with E-state index in [2.05, 4.69) is 51.9 Å². The molecule has 120 valence electrons. The van der Waals surface area contributed by atoms with Gasteiger partial charge in [0, 0.05) is 30.5 Å². The van der Waals surface area contributed by atoms with Gasteiger partial charge in [0.15, 0.2) is 5.13 Å². The van der Waals surface area contributed by atoms with Gasteiger partial charge in [-0.25, -0.2) is 4.98 Å². The van der Waals surface area contributed by atoms with Crippen molar-refractivity contribution in [3.63, 3.8) is 0 Å². The molecule has 1 fully saturated rings. The molecule has 1 aromatic heterocycles. The molecule has 1 aromatic rings. The predicted molar refractivity (Wildman–Crippen MR) is 90.4 cm³/mol. The number of aromatic nitrogens is 1. The molecule has 1 N–H and O–H groups in total. The van der Waals surface area contributed by atoms with Gasteiger partial charge in [-0.05, 0) is 19.9 Å². The number of likely N-dealkylation sites (N-methyl/N-ethyl adjacent to an activating group) is 1. The van der Waals surface area contributed by atoms with Gasteiger partial charge in [0.05, 0.1) is 17.8 Å². The number of hydrogen-bond donors (Lipinski definition) is 1. The third-order valence-electron chi connectivity index (χ3n) is 4.07. The summed E-state index contributed by atoms with van der Waals surface area (Å²) >= 11 is 1.82. The van der Waals surface area contributed by atoms with Crippen molar-refractivity contribution in [2.45, 2.75) is 65.1 Å². The molecule has 2 rings (SSSR count). The standard InChI is InChI=1S/C16H29N3OS/c1-7-17-10-13-14(16(3,4)5)18-15(21-13)19(6)12-8-9-20-11(12)2/h11-12,17H,7-10H2,1-6H3. The van der Waals surface area contributed by atoms with Gasteiger partial charge in [-0.15, -0.1) is 11.3 Å². The van der Waals surface area contributed by atoms with Gasteiger partial charge < -0.3 is 15.0 Å². The Hall–Kier alpha value is -0.650. The summed E-state index contributed by atoms with van der Waals surface area (Å²) in [5, 5.41) is 4.56. The summed E-state index contributed by atoms with van der Waals surface area (Å²) in [4.78, 5) is 8.63. The van der Waals surface area contributed by atoms with E-state index < -0.39 is 0 Å². The van der Waals surface area contributed by atoms with E-state index >= 15 is 0 Å². The zero-order valence-electron chi connectivity index (χ0n) is 14.2. The molecule has 21 heavy (non-hydrogen) atoms. The topological polar surface area (TPSA) is 37.4 Å². The molecule has 0 spiro atoms. The Labute approximate surface area is 132 Å². The summed E-state index contributed by atoms with van der Waals surface area (Å²) in [6.07, 6.45) is 1.37. The van der Waals surface area contributed by atoms with Crippen LogP contribution in [0.3, 0.4) is 0 Å². The zero-order chi connectivity index (χ0) is 15.6. The van der Waals surface area contributed by atoms with Crippen LogP contribution in [0.1, 0.15) is 51.6 Å². The van der Waals surface area contributed by atoms with Gasteiger partial charge in [-0.2, -0.15) is 0 Å². The Bertz CT molecular complexity index is 467. The Kier molecular flexibility index (Phi) is 5.28. The average molecular weight is 311 g/mol. The molecule has 4 nitrogen and oxygen atoms in total. The molecule has 0 aliphatic carbocycles. The molecule has 0 saturated carbocycles. The monoisotopic (exact) mass is 311 g/mol. The van der Waals surface area contributed by atoms with Crippen molar-refractivity contribution in [1.82, 2.24) is 10.3 Å². The first-order valence-corrected chi connectivity index (χ1v) is 8.71. The highest BCUT2D eigenvalue weighted by Gasteiger charge is 2.31. The lowest BCUT2D eigenvalue weighted by atomic mass is 9.91. The van der Waals surface area contributed by atoms with Gasteiger partial charge >= 0.3 is 0 Å². The molecule has 2 unspecified atom stereocenters. The van der Waals surface area contributed by atoms with Crippen molar-refractivity contribution >= 4 is 16.5 Å². The van der Waals surface area contributed by atoms with Crippen molar-refractivity contribution in [2.24, 2.45) is 0 Å². The largest absolute Gasteiger partial charge is 0.376 e. The van der Waals surface area contributed by atoms with Crippen molar-refractivity contribution in [3.05, 3.63) is 10.6 Å². The maximum atomic E-state index is 5.70. The number of ether oxygens (including phenoxy) is 1. The number of nitrogens with zero attached hydrogens (tertiary/aromatic N) is 2. The van der Waals surface area contributed by atoms with Gasteiger partial charge in [0.25, 0.3) is 0 Å².